The van der Waals surface area contributed by atoms with Gasteiger partial charge in [0.15, 0.2) is 0 Å². The molecule has 2 aromatic heterocycles. The van der Waals surface area contributed by atoms with Crippen LogP contribution in [0, 0.1) is 0 Å². The molecule has 0 unspecified atom stereocenters. The zero-order chi connectivity index (χ0) is 13.8. The van der Waals surface area contributed by atoms with Gasteiger partial charge in [-0.2, -0.15) is 4.98 Å². The van der Waals surface area contributed by atoms with E-state index in [1.165, 1.54) is 0 Å². The fourth-order valence-electron chi connectivity index (χ4n) is 2.32. The predicted molar refractivity (Wildman–Crippen MR) is 83.7 cm³/mol. The molecule has 0 aromatic carbocycles. The predicted octanol–water partition coefficient (Wildman–Crippen LogP) is 3.10. The molecule has 108 valence electrons. The summed E-state index contributed by atoms with van der Waals surface area (Å²) in [4.78, 5) is 10.2. The van der Waals surface area contributed by atoms with Gasteiger partial charge >= 0.3 is 0 Å². The van der Waals surface area contributed by atoms with E-state index in [1.54, 1.807) is 11.3 Å². The van der Waals surface area contributed by atoms with E-state index in [0.29, 0.717) is 6.04 Å². The van der Waals surface area contributed by atoms with E-state index in [2.05, 4.69) is 39.0 Å². The molecule has 1 aliphatic heterocycles. The Morgan fingerprint density at radius 1 is 1.35 bits per heavy atom. The normalized spacial score (nSPS) is 16.4. The van der Waals surface area contributed by atoms with Gasteiger partial charge in [-0.3, -0.25) is 0 Å². The Balaban J connectivity index is 1.84. The van der Waals surface area contributed by atoms with Crippen LogP contribution in [0.4, 0.5) is 11.8 Å². The van der Waals surface area contributed by atoms with Gasteiger partial charge in [-0.15, -0.1) is 11.3 Å². The van der Waals surface area contributed by atoms with Crippen molar-refractivity contribution in [2.24, 2.45) is 0 Å². The first-order valence-electron chi connectivity index (χ1n) is 7.20. The number of hydrogen-bond donors (Lipinski definition) is 2. The van der Waals surface area contributed by atoms with E-state index in [4.69, 9.17) is 4.74 Å². The number of hydrogen-bond acceptors (Lipinski definition) is 6. The summed E-state index contributed by atoms with van der Waals surface area (Å²) in [7, 11) is 0. The van der Waals surface area contributed by atoms with Crippen LogP contribution in [0.1, 0.15) is 26.2 Å². The topological polar surface area (TPSA) is 59.1 Å². The summed E-state index contributed by atoms with van der Waals surface area (Å²) >= 11 is 1.66. The first-order chi connectivity index (χ1) is 9.86. The minimum atomic E-state index is 0.445. The second-order valence-corrected chi connectivity index (χ2v) is 5.89. The molecule has 1 aliphatic rings. The summed E-state index contributed by atoms with van der Waals surface area (Å²) in [5.41, 5.74) is 0. The van der Waals surface area contributed by atoms with Crippen molar-refractivity contribution in [1.29, 1.82) is 0 Å². The average Bonchev–Trinajstić information content (AvgIpc) is 2.95. The summed E-state index contributed by atoms with van der Waals surface area (Å²) < 4.78 is 5.40. The first-order valence-corrected chi connectivity index (χ1v) is 8.08. The third kappa shape index (κ3) is 3.02. The summed E-state index contributed by atoms with van der Waals surface area (Å²) in [6.07, 6.45) is 3.13. The lowest BCUT2D eigenvalue weighted by Gasteiger charge is -2.24. The van der Waals surface area contributed by atoms with Gasteiger partial charge < -0.3 is 15.4 Å². The minimum Gasteiger partial charge on any atom is -0.381 e. The largest absolute Gasteiger partial charge is 0.381 e. The molecule has 6 heteroatoms. The van der Waals surface area contributed by atoms with Crippen molar-refractivity contribution >= 4 is 33.3 Å². The van der Waals surface area contributed by atoms with Crippen LogP contribution in [-0.4, -0.2) is 35.8 Å². The number of anilines is 2. The van der Waals surface area contributed by atoms with Crippen LogP contribution in [0.5, 0.6) is 0 Å². The molecule has 0 aliphatic carbocycles. The van der Waals surface area contributed by atoms with Crippen LogP contribution < -0.4 is 10.6 Å². The Labute approximate surface area is 122 Å². The molecular weight excluding hydrogens is 272 g/mol. The number of ether oxygens (including phenoxy) is 1. The maximum atomic E-state index is 5.40. The van der Waals surface area contributed by atoms with E-state index >= 15 is 0 Å². The Kier molecular flexibility index (Phi) is 4.32. The van der Waals surface area contributed by atoms with E-state index in [9.17, 15) is 0 Å². The molecule has 2 N–H and O–H groups in total. The second-order valence-electron chi connectivity index (χ2n) is 4.99. The molecule has 20 heavy (non-hydrogen) atoms. The lowest BCUT2D eigenvalue weighted by Crippen LogP contribution is -2.28. The summed E-state index contributed by atoms with van der Waals surface area (Å²) in [5, 5.41) is 10.0. The highest BCUT2D eigenvalue weighted by atomic mass is 32.1. The molecule has 3 heterocycles. The van der Waals surface area contributed by atoms with Crippen LogP contribution >= 0.6 is 11.3 Å². The molecule has 2 aromatic rings. The van der Waals surface area contributed by atoms with Crippen molar-refractivity contribution < 1.29 is 4.74 Å². The second kappa shape index (κ2) is 6.37. The molecule has 0 amide bonds. The molecule has 3 rings (SSSR count). The molecular formula is C14H20N4OS. The van der Waals surface area contributed by atoms with Crippen LogP contribution in [0.25, 0.3) is 10.2 Å². The van der Waals surface area contributed by atoms with Gasteiger partial charge in [-0.05, 0) is 30.7 Å². The van der Waals surface area contributed by atoms with E-state index in [-0.39, 0.29) is 0 Å². The number of fused-ring (bicyclic) bond motifs is 1. The van der Waals surface area contributed by atoms with Crippen molar-refractivity contribution in [2.45, 2.75) is 32.2 Å². The van der Waals surface area contributed by atoms with Gasteiger partial charge in [0.25, 0.3) is 0 Å². The third-order valence-corrected chi connectivity index (χ3v) is 4.23. The lowest BCUT2D eigenvalue weighted by atomic mass is 10.1. The maximum absolute atomic E-state index is 5.40. The van der Waals surface area contributed by atoms with Crippen molar-refractivity contribution in [1.82, 2.24) is 9.97 Å². The zero-order valence-electron chi connectivity index (χ0n) is 11.7. The SMILES string of the molecule is CCCNc1nc(NC2CCOCC2)c2ccsc2n1. The highest BCUT2D eigenvalue weighted by Gasteiger charge is 2.16. The molecule has 5 nitrogen and oxygen atoms in total. The van der Waals surface area contributed by atoms with Crippen molar-refractivity contribution in [2.75, 3.05) is 30.4 Å². The first kappa shape index (κ1) is 13.6. The Morgan fingerprint density at radius 2 is 2.20 bits per heavy atom. The lowest BCUT2D eigenvalue weighted by molar-refractivity contribution is 0.0904. The Bertz CT molecular complexity index is 565. The van der Waals surface area contributed by atoms with Crippen molar-refractivity contribution in [3.05, 3.63) is 11.4 Å². The molecule has 0 bridgehead atoms. The fourth-order valence-corrected chi connectivity index (χ4v) is 3.08. The van der Waals surface area contributed by atoms with Crippen LogP contribution in [-0.2, 0) is 4.74 Å². The van der Waals surface area contributed by atoms with Gasteiger partial charge in [0.1, 0.15) is 10.6 Å². The quantitative estimate of drug-likeness (QED) is 0.886. The Morgan fingerprint density at radius 3 is 3.00 bits per heavy atom. The average molecular weight is 292 g/mol. The van der Waals surface area contributed by atoms with Crippen molar-refractivity contribution in [3.63, 3.8) is 0 Å². The molecule has 1 saturated heterocycles. The summed E-state index contributed by atoms with van der Waals surface area (Å²) in [5.74, 6) is 1.66. The number of nitrogens with one attached hydrogen (secondary N) is 2. The third-order valence-electron chi connectivity index (χ3n) is 3.42. The smallest absolute Gasteiger partial charge is 0.226 e. The van der Waals surface area contributed by atoms with E-state index in [1.807, 2.05) is 0 Å². The number of thiophene rings is 1. The van der Waals surface area contributed by atoms with Crippen LogP contribution in [0.2, 0.25) is 0 Å². The highest BCUT2D eigenvalue weighted by Crippen LogP contribution is 2.27. The number of aromatic nitrogens is 2. The van der Waals surface area contributed by atoms with Gasteiger partial charge in [0.05, 0.1) is 5.39 Å². The molecule has 0 saturated carbocycles. The molecule has 0 atom stereocenters. The van der Waals surface area contributed by atoms with E-state index in [0.717, 1.165) is 61.0 Å². The van der Waals surface area contributed by atoms with Gasteiger partial charge in [0, 0.05) is 25.8 Å². The van der Waals surface area contributed by atoms with Crippen LogP contribution in [0.3, 0.4) is 0 Å². The maximum Gasteiger partial charge on any atom is 0.226 e. The standard InChI is InChI=1S/C14H20N4OS/c1-2-6-15-14-17-12(11-5-9-20-13(11)18-14)16-10-3-7-19-8-4-10/h5,9-10H,2-4,6-8H2,1H3,(H2,15,16,17,18). The summed E-state index contributed by atoms with van der Waals surface area (Å²) in [6, 6.07) is 2.53. The molecule has 0 spiro atoms. The molecule has 0 radical (unpaired) electrons. The van der Waals surface area contributed by atoms with E-state index < -0.39 is 0 Å². The minimum absolute atomic E-state index is 0.445. The molecule has 1 fully saturated rings. The van der Waals surface area contributed by atoms with Gasteiger partial charge in [-0.25, -0.2) is 4.98 Å². The number of rotatable bonds is 5. The summed E-state index contributed by atoms with van der Waals surface area (Å²) in [6.45, 7) is 4.69. The van der Waals surface area contributed by atoms with Gasteiger partial charge in [-0.1, -0.05) is 6.92 Å². The monoisotopic (exact) mass is 292 g/mol. The fraction of sp³-hybridized carbons (Fsp3) is 0.571. The highest BCUT2D eigenvalue weighted by molar-refractivity contribution is 7.16. The van der Waals surface area contributed by atoms with Crippen LogP contribution in [0.15, 0.2) is 11.4 Å². The Hall–Kier alpha value is -1.40. The zero-order valence-corrected chi connectivity index (χ0v) is 12.5. The number of nitrogens with zero attached hydrogens (tertiary/aromatic N) is 2. The van der Waals surface area contributed by atoms with Gasteiger partial charge in [0.2, 0.25) is 5.95 Å². The van der Waals surface area contributed by atoms with Crippen molar-refractivity contribution in [3.8, 4) is 0 Å².